The van der Waals surface area contributed by atoms with E-state index in [1.807, 2.05) is 18.2 Å². The fraction of sp³-hybridized carbons (Fsp3) is 0.381. The molecule has 0 aromatic heterocycles. The first kappa shape index (κ1) is 22.7. The summed E-state index contributed by atoms with van der Waals surface area (Å²) in [5.41, 5.74) is 1.84. The van der Waals surface area contributed by atoms with Crippen LogP contribution in [0.2, 0.25) is 0 Å². The van der Waals surface area contributed by atoms with Gasteiger partial charge in [-0.15, -0.1) is 0 Å². The number of hydrogen-bond donors (Lipinski definition) is 1. The van der Waals surface area contributed by atoms with Gasteiger partial charge in [-0.2, -0.15) is 4.31 Å². The van der Waals surface area contributed by atoms with Crippen LogP contribution in [0.4, 0.5) is 11.4 Å². The fourth-order valence-electron chi connectivity index (χ4n) is 3.12. The molecule has 0 aliphatic carbocycles. The van der Waals surface area contributed by atoms with Gasteiger partial charge in [-0.3, -0.25) is 4.79 Å². The Morgan fingerprint density at radius 3 is 2.53 bits per heavy atom. The van der Waals surface area contributed by atoms with Gasteiger partial charge in [0.2, 0.25) is 10.0 Å². The summed E-state index contributed by atoms with van der Waals surface area (Å²) in [4.78, 5) is 15.2. The molecule has 0 radical (unpaired) electrons. The zero-order chi connectivity index (χ0) is 21.9. The van der Waals surface area contributed by atoms with Gasteiger partial charge in [-0.25, -0.2) is 8.42 Å². The zero-order valence-corrected chi connectivity index (χ0v) is 19.7. The Labute approximate surface area is 186 Å². The summed E-state index contributed by atoms with van der Waals surface area (Å²) < 4.78 is 33.1. The van der Waals surface area contributed by atoms with Crippen LogP contribution in [0.15, 0.2) is 51.8 Å². The van der Waals surface area contributed by atoms with Gasteiger partial charge in [-0.1, -0.05) is 22.0 Å². The quantitative estimate of drug-likeness (QED) is 0.662. The topological polar surface area (TPSA) is 79.0 Å². The maximum atomic E-state index is 13.0. The molecule has 9 heteroatoms. The average Bonchev–Trinajstić information content (AvgIpc) is 2.74. The second-order valence-electron chi connectivity index (χ2n) is 7.36. The molecule has 2 aromatic rings. The lowest BCUT2D eigenvalue weighted by Gasteiger charge is -2.30. The summed E-state index contributed by atoms with van der Waals surface area (Å²) in [6.07, 6.45) is 0. The molecule has 3 rings (SSSR count). The highest BCUT2D eigenvalue weighted by Gasteiger charge is 2.24. The molecule has 1 aliphatic heterocycles. The lowest BCUT2D eigenvalue weighted by Crippen LogP contribution is -2.36. The Morgan fingerprint density at radius 2 is 1.87 bits per heavy atom. The molecule has 0 unspecified atom stereocenters. The van der Waals surface area contributed by atoms with Crippen molar-refractivity contribution in [2.24, 2.45) is 0 Å². The molecule has 1 aliphatic rings. The number of rotatable bonds is 6. The van der Waals surface area contributed by atoms with Crippen molar-refractivity contribution in [3.63, 3.8) is 0 Å². The Bertz CT molecular complexity index is 1020. The number of anilines is 2. The number of nitrogens with one attached hydrogen (secondary N) is 1. The van der Waals surface area contributed by atoms with Gasteiger partial charge in [-0.05, 0) is 50.2 Å². The zero-order valence-electron chi connectivity index (χ0n) is 17.3. The first-order chi connectivity index (χ1) is 14.2. The number of morpholine rings is 1. The number of amides is 1. The van der Waals surface area contributed by atoms with Crippen molar-refractivity contribution in [2.75, 3.05) is 43.6 Å². The fourth-order valence-corrected chi connectivity index (χ4v) is 4.90. The van der Waals surface area contributed by atoms with Crippen molar-refractivity contribution in [2.45, 2.75) is 24.8 Å². The summed E-state index contributed by atoms with van der Waals surface area (Å²) in [7, 11) is -2.14. The summed E-state index contributed by atoms with van der Waals surface area (Å²) in [6.45, 7) is 6.34. The van der Waals surface area contributed by atoms with E-state index in [2.05, 4.69) is 26.1 Å². The highest BCUT2D eigenvalue weighted by molar-refractivity contribution is 9.10. The maximum absolute atomic E-state index is 13.0. The average molecular weight is 496 g/mol. The number of carbonyl (C=O) groups excluding carboxylic acids is 1. The molecule has 1 saturated heterocycles. The molecule has 2 aromatic carbocycles. The molecule has 162 valence electrons. The normalized spacial score (nSPS) is 14.9. The lowest BCUT2D eigenvalue weighted by molar-refractivity contribution is 0.102. The van der Waals surface area contributed by atoms with E-state index in [9.17, 15) is 13.2 Å². The van der Waals surface area contributed by atoms with Gasteiger partial charge < -0.3 is 15.0 Å². The van der Waals surface area contributed by atoms with Gasteiger partial charge in [0.05, 0.1) is 29.5 Å². The monoisotopic (exact) mass is 495 g/mol. The molecule has 1 fully saturated rings. The van der Waals surface area contributed by atoms with Crippen LogP contribution in [0.5, 0.6) is 0 Å². The van der Waals surface area contributed by atoms with Crippen LogP contribution < -0.4 is 10.2 Å². The number of nitrogens with zero attached hydrogens (tertiary/aromatic N) is 2. The highest BCUT2D eigenvalue weighted by atomic mass is 79.9. The SMILES string of the molecule is CC(C)N(C)S(=O)(=O)c1cccc(C(=O)Nc2cc(Br)ccc2N2CCOCC2)c1. The first-order valence-corrected chi connectivity index (χ1v) is 11.9. The molecule has 1 N–H and O–H groups in total. The maximum Gasteiger partial charge on any atom is 0.255 e. The molecule has 0 bridgehead atoms. The lowest BCUT2D eigenvalue weighted by atomic mass is 10.2. The molecule has 1 heterocycles. The number of sulfonamides is 1. The van der Waals surface area contributed by atoms with Gasteiger partial charge in [0.15, 0.2) is 0 Å². The van der Waals surface area contributed by atoms with Crippen LogP contribution >= 0.6 is 15.9 Å². The first-order valence-electron chi connectivity index (χ1n) is 9.72. The van der Waals surface area contributed by atoms with Crippen molar-refractivity contribution >= 4 is 43.2 Å². The summed E-state index contributed by atoms with van der Waals surface area (Å²) in [5.74, 6) is -0.369. The van der Waals surface area contributed by atoms with Crippen molar-refractivity contribution in [3.05, 3.63) is 52.5 Å². The summed E-state index contributed by atoms with van der Waals surface area (Å²) >= 11 is 3.45. The van der Waals surface area contributed by atoms with E-state index in [4.69, 9.17) is 4.74 Å². The van der Waals surface area contributed by atoms with Crippen LogP contribution in [0.25, 0.3) is 0 Å². The standard InChI is InChI=1S/C21H26BrN3O4S/c1-15(2)24(3)30(27,28)18-6-4-5-16(13-18)21(26)23-19-14-17(22)7-8-20(19)25-9-11-29-12-10-25/h4-8,13-15H,9-12H2,1-3H3,(H,23,26). The number of hydrogen-bond acceptors (Lipinski definition) is 5. The van der Waals surface area contributed by atoms with Crippen molar-refractivity contribution < 1.29 is 17.9 Å². The smallest absolute Gasteiger partial charge is 0.255 e. The van der Waals surface area contributed by atoms with E-state index < -0.39 is 10.0 Å². The highest BCUT2D eigenvalue weighted by Crippen LogP contribution is 2.30. The van der Waals surface area contributed by atoms with Gasteiger partial charge in [0, 0.05) is 36.2 Å². The largest absolute Gasteiger partial charge is 0.378 e. The minimum atomic E-state index is -3.68. The minimum absolute atomic E-state index is 0.0917. The van der Waals surface area contributed by atoms with E-state index in [0.29, 0.717) is 18.9 Å². The second-order valence-corrected chi connectivity index (χ2v) is 10.3. The molecular formula is C21H26BrN3O4S. The third-order valence-electron chi connectivity index (χ3n) is 5.06. The molecular weight excluding hydrogens is 470 g/mol. The molecule has 30 heavy (non-hydrogen) atoms. The van der Waals surface area contributed by atoms with Crippen LogP contribution in [0.1, 0.15) is 24.2 Å². The van der Waals surface area contributed by atoms with Crippen molar-refractivity contribution in [1.82, 2.24) is 4.31 Å². The van der Waals surface area contributed by atoms with Crippen molar-refractivity contribution in [3.8, 4) is 0 Å². The number of benzene rings is 2. The van der Waals surface area contributed by atoms with Crippen LogP contribution in [0, 0.1) is 0 Å². The van der Waals surface area contributed by atoms with Gasteiger partial charge >= 0.3 is 0 Å². The second kappa shape index (κ2) is 9.47. The van der Waals surface area contributed by atoms with Gasteiger partial charge in [0.1, 0.15) is 0 Å². The Balaban J connectivity index is 1.88. The molecule has 0 spiro atoms. The number of ether oxygens (including phenoxy) is 1. The minimum Gasteiger partial charge on any atom is -0.378 e. The molecule has 0 saturated carbocycles. The predicted molar refractivity (Wildman–Crippen MR) is 122 cm³/mol. The van der Waals surface area contributed by atoms with E-state index in [-0.39, 0.29) is 22.4 Å². The predicted octanol–water partition coefficient (Wildman–Crippen LogP) is 3.57. The van der Waals surface area contributed by atoms with Crippen LogP contribution in [0.3, 0.4) is 0 Å². The van der Waals surface area contributed by atoms with E-state index in [1.54, 1.807) is 26.0 Å². The van der Waals surface area contributed by atoms with Crippen LogP contribution in [-0.4, -0.2) is 58.0 Å². The van der Waals surface area contributed by atoms with Crippen LogP contribution in [-0.2, 0) is 14.8 Å². The number of halogens is 1. The summed E-state index contributed by atoms with van der Waals surface area (Å²) in [6, 6.07) is 11.6. The molecule has 1 amide bonds. The third-order valence-corrected chi connectivity index (χ3v) is 7.58. The van der Waals surface area contributed by atoms with E-state index in [0.717, 1.165) is 23.2 Å². The number of carbonyl (C=O) groups is 1. The van der Waals surface area contributed by atoms with Crippen molar-refractivity contribution in [1.29, 1.82) is 0 Å². The van der Waals surface area contributed by atoms with E-state index in [1.165, 1.54) is 23.5 Å². The molecule has 0 atom stereocenters. The Hall–Kier alpha value is -1.94. The molecule has 7 nitrogen and oxygen atoms in total. The Morgan fingerprint density at radius 1 is 1.17 bits per heavy atom. The van der Waals surface area contributed by atoms with E-state index >= 15 is 0 Å². The third kappa shape index (κ3) is 5.03. The summed E-state index contributed by atoms with van der Waals surface area (Å²) in [5, 5.41) is 2.94. The van der Waals surface area contributed by atoms with Gasteiger partial charge in [0.25, 0.3) is 5.91 Å². The Kier molecular flexibility index (Phi) is 7.18.